The fourth-order valence-corrected chi connectivity index (χ4v) is 8.89. The third-order valence-corrected chi connectivity index (χ3v) is 13.7. The van der Waals surface area contributed by atoms with Gasteiger partial charge in [0.1, 0.15) is 13.2 Å². The Morgan fingerprint density at radius 1 is 0.273 bits per heavy atom. The van der Waals surface area contributed by atoms with Crippen molar-refractivity contribution in [2.24, 2.45) is 0 Å². The topological polar surface area (TPSA) is 78.9 Å². The molecular weight excluding hydrogens is 949 g/mol. The van der Waals surface area contributed by atoms with Crippen molar-refractivity contribution in [3.8, 4) is 0 Å². The first-order chi connectivity index (χ1) is 38.0. The Hall–Kier alpha value is -3.93. The fraction of sp³-hybridized carbons (Fsp3) is 0.704. The molecule has 0 saturated heterocycles. The fourth-order valence-electron chi connectivity index (χ4n) is 8.89. The van der Waals surface area contributed by atoms with Gasteiger partial charge in [-0.3, -0.25) is 14.4 Å². The lowest BCUT2D eigenvalue weighted by atomic mass is 10.0. The van der Waals surface area contributed by atoms with Crippen molar-refractivity contribution in [3.05, 3.63) is 109 Å². The SMILES string of the molecule is CC/C=C\C/C=C\C/C=C\C/C=C\C/C=C\C/C=C\CCC(=O)OC(COC(=O)CCCCCCC/C=C\CCCC)COC(=O)CCCCCCCCCCCCCCCCCCC/C=C\C/C=C\CCCCCCC. The zero-order chi connectivity index (χ0) is 55.7. The Morgan fingerprint density at radius 2 is 0.545 bits per heavy atom. The van der Waals surface area contributed by atoms with E-state index in [0.29, 0.717) is 19.3 Å². The molecule has 1 atom stereocenters. The van der Waals surface area contributed by atoms with Crippen LogP contribution in [0.25, 0.3) is 0 Å². The van der Waals surface area contributed by atoms with Gasteiger partial charge in [-0.15, -0.1) is 0 Å². The Labute approximate surface area is 476 Å². The zero-order valence-corrected chi connectivity index (χ0v) is 50.4. The van der Waals surface area contributed by atoms with Crippen LogP contribution in [0.4, 0.5) is 0 Å². The standard InChI is InChI=1S/C71H120O6/c1-4-7-10-13-16-19-22-24-26-28-30-31-32-33-34-35-36-37-38-39-41-42-44-46-49-52-55-58-61-64-70(73)76-67-68(66-75-69(72)63-60-57-54-51-48-21-18-15-12-9-6-3)77-71(74)65-62-59-56-53-50-47-45-43-40-29-27-25-23-20-17-14-11-8-5-2/h8,11,15,17-18,20,22,24-25,27-28,30,40,43,47,50,56,59,68H,4-7,9-10,12-14,16,19,21,23,26,29,31-39,41-42,44-46,48-49,51-55,57-58,60-67H2,1-3H3/b11-8-,18-15-,20-17-,24-22-,27-25-,30-28-,43-40-,50-47-,59-56-. The summed E-state index contributed by atoms with van der Waals surface area (Å²) >= 11 is 0. The number of carbonyl (C=O) groups is 3. The van der Waals surface area contributed by atoms with Gasteiger partial charge in [-0.25, -0.2) is 0 Å². The summed E-state index contributed by atoms with van der Waals surface area (Å²) in [4.78, 5) is 38.2. The van der Waals surface area contributed by atoms with E-state index in [1.54, 1.807) is 0 Å². The minimum atomic E-state index is -0.823. The van der Waals surface area contributed by atoms with Crippen molar-refractivity contribution in [2.75, 3.05) is 13.2 Å². The normalized spacial score (nSPS) is 12.8. The van der Waals surface area contributed by atoms with E-state index in [-0.39, 0.29) is 31.6 Å². The quantitative estimate of drug-likeness (QED) is 0.0261. The summed E-state index contributed by atoms with van der Waals surface area (Å²) < 4.78 is 16.8. The van der Waals surface area contributed by atoms with E-state index in [9.17, 15) is 14.4 Å². The van der Waals surface area contributed by atoms with Gasteiger partial charge in [0.25, 0.3) is 0 Å². The molecule has 0 saturated carbocycles. The molecule has 6 heteroatoms. The first kappa shape index (κ1) is 73.1. The molecule has 0 aliphatic rings. The third kappa shape index (κ3) is 62.8. The molecule has 0 rings (SSSR count). The molecule has 0 aromatic rings. The number of unbranched alkanes of at least 4 members (excludes halogenated alkanes) is 29. The molecule has 77 heavy (non-hydrogen) atoms. The van der Waals surface area contributed by atoms with Gasteiger partial charge in [0.2, 0.25) is 0 Å². The van der Waals surface area contributed by atoms with Gasteiger partial charge in [0, 0.05) is 19.3 Å². The minimum absolute atomic E-state index is 0.110. The van der Waals surface area contributed by atoms with Crippen LogP contribution in [0.3, 0.4) is 0 Å². The number of hydrogen-bond acceptors (Lipinski definition) is 6. The maximum absolute atomic E-state index is 12.8. The van der Waals surface area contributed by atoms with Crippen LogP contribution >= 0.6 is 0 Å². The lowest BCUT2D eigenvalue weighted by molar-refractivity contribution is -0.166. The molecule has 0 radical (unpaired) electrons. The maximum Gasteiger partial charge on any atom is 0.306 e. The van der Waals surface area contributed by atoms with Crippen LogP contribution in [0, 0.1) is 0 Å². The number of hydrogen-bond donors (Lipinski definition) is 0. The number of allylic oxidation sites excluding steroid dienone is 18. The van der Waals surface area contributed by atoms with E-state index in [4.69, 9.17) is 14.2 Å². The lowest BCUT2D eigenvalue weighted by Crippen LogP contribution is -2.30. The number of esters is 3. The van der Waals surface area contributed by atoms with Gasteiger partial charge >= 0.3 is 17.9 Å². The second kappa shape index (κ2) is 64.6. The number of ether oxygens (including phenoxy) is 3. The molecule has 0 aliphatic heterocycles. The largest absolute Gasteiger partial charge is 0.462 e. The Bertz CT molecular complexity index is 1560. The summed E-state index contributed by atoms with van der Waals surface area (Å²) in [6.45, 7) is 6.42. The van der Waals surface area contributed by atoms with Crippen molar-refractivity contribution in [1.82, 2.24) is 0 Å². The van der Waals surface area contributed by atoms with Crippen molar-refractivity contribution in [1.29, 1.82) is 0 Å². The predicted molar refractivity (Wildman–Crippen MR) is 334 cm³/mol. The van der Waals surface area contributed by atoms with Gasteiger partial charge in [0.05, 0.1) is 0 Å². The van der Waals surface area contributed by atoms with Gasteiger partial charge < -0.3 is 14.2 Å². The molecule has 0 aromatic carbocycles. The van der Waals surface area contributed by atoms with Crippen LogP contribution in [0.5, 0.6) is 0 Å². The summed E-state index contributed by atoms with van der Waals surface area (Å²) in [5.74, 6) is -1.000. The van der Waals surface area contributed by atoms with Crippen LogP contribution in [0.15, 0.2) is 109 Å². The monoisotopic (exact) mass is 1070 g/mol. The molecule has 1 unspecified atom stereocenters. The summed E-state index contributed by atoms with van der Waals surface area (Å²) in [6.07, 6.45) is 88.4. The van der Waals surface area contributed by atoms with E-state index in [0.717, 1.165) is 96.3 Å². The average molecular weight is 1070 g/mol. The van der Waals surface area contributed by atoms with Crippen LogP contribution < -0.4 is 0 Å². The lowest BCUT2D eigenvalue weighted by Gasteiger charge is -2.18. The Kier molecular flexibility index (Phi) is 61.3. The van der Waals surface area contributed by atoms with Gasteiger partial charge in [-0.05, 0) is 109 Å². The van der Waals surface area contributed by atoms with E-state index in [2.05, 4.69) is 124 Å². The molecule has 0 spiro atoms. The molecule has 0 aromatic heterocycles. The van der Waals surface area contributed by atoms with Crippen molar-refractivity contribution < 1.29 is 28.6 Å². The van der Waals surface area contributed by atoms with E-state index in [1.165, 1.54) is 161 Å². The van der Waals surface area contributed by atoms with Crippen molar-refractivity contribution >= 4 is 17.9 Å². The second-order valence-corrected chi connectivity index (χ2v) is 21.3. The molecule has 440 valence electrons. The average Bonchev–Trinajstić information content (AvgIpc) is 3.43. The Morgan fingerprint density at radius 3 is 0.896 bits per heavy atom. The highest BCUT2D eigenvalue weighted by molar-refractivity contribution is 5.71. The first-order valence-corrected chi connectivity index (χ1v) is 32.4. The van der Waals surface area contributed by atoms with E-state index in [1.807, 2.05) is 6.08 Å². The van der Waals surface area contributed by atoms with Crippen molar-refractivity contribution in [2.45, 2.75) is 309 Å². The van der Waals surface area contributed by atoms with E-state index >= 15 is 0 Å². The zero-order valence-electron chi connectivity index (χ0n) is 50.4. The molecule has 6 nitrogen and oxygen atoms in total. The molecule has 0 fully saturated rings. The minimum Gasteiger partial charge on any atom is -0.462 e. The Balaban J connectivity index is 4.28. The van der Waals surface area contributed by atoms with Crippen LogP contribution in [-0.4, -0.2) is 37.2 Å². The molecule has 0 N–H and O–H groups in total. The number of carbonyl (C=O) groups excluding carboxylic acids is 3. The first-order valence-electron chi connectivity index (χ1n) is 32.4. The highest BCUT2D eigenvalue weighted by Crippen LogP contribution is 2.16. The molecule has 0 heterocycles. The highest BCUT2D eigenvalue weighted by Gasteiger charge is 2.19. The highest BCUT2D eigenvalue weighted by atomic mass is 16.6. The maximum atomic E-state index is 12.8. The van der Waals surface area contributed by atoms with Gasteiger partial charge in [-0.2, -0.15) is 0 Å². The molecule has 0 amide bonds. The van der Waals surface area contributed by atoms with Crippen LogP contribution in [0.1, 0.15) is 303 Å². The molecule has 0 bridgehead atoms. The van der Waals surface area contributed by atoms with Gasteiger partial charge in [0.15, 0.2) is 6.10 Å². The van der Waals surface area contributed by atoms with E-state index < -0.39 is 12.1 Å². The van der Waals surface area contributed by atoms with Crippen LogP contribution in [0.2, 0.25) is 0 Å². The second-order valence-electron chi connectivity index (χ2n) is 21.3. The summed E-state index contributed by atoms with van der Waals surface area (Å²) in [6, 6.07) is 0. The van der Waals surface area contributed by atoms with Crippen LogP contribution in [-0.2, 0) is 28.6 Å². The smallest absolute Gasteiger partial charge is 0.306 e. The predicted octanol–water partition coefficient (Wildman–Crippen LogP) is 22.2. The summed E-state index contributed by atoms with van der Waals surface area (Å²) in [5, 5.41) is 0. The van der Waals surface area contributed by atoms with Gasteiger partial charge in [-0.1, -0.05) is 284 Å². The third-order valence-electron chi connectivity index (χ3n) is 13.7. The summed E-state index contributed by atoms with van der Waals surface area (Å²) in [5.41, 5.74) is 0. The number of rotatable bonds is 58. The molecule has 0 aliphatic carbocycles. The summed E-state index contributed by atoms with van der Waals surface area (Å²) in [7, 11) is 0. The molecular formula is C71H120O6. The van der Waals surface area contributed by atoms with Crippen molar-refractivity contribution in [3.63, 3.8) is 0 Å².